The molecule has 41 heavy (non-hydrogen) atoms. The minimum atomic E-state index is -0.591. The monoisotopic (exact) mass is 571 g/mol. The largest absolute Gasteiger partial charge is 0.489 e. The van der Waals surface area contributed by atoms with Gasteiger partial charge in [0, 0.05) is 34.4 Å². The maximum Gasteiger partial charge on any atom is 0.307 e. The van der Waals surface area contributed by atoms with Gasteiger partial charge in [-0.15, -0.1) is 0 Å². The highest BCUT2D eigenvalue weighted by atomic mass is 16.6. The number of nitrogens with one attached hydrogen (secondary N) is 1. The molecule has 0 spiro atoms. The molecule has 0 saturated carbocycles. The zero-order chi connectivity index (χ0) is 30.2. The number of unbranched alkanes of at least 4 members (excludes halogenated alkanes) is 7. The number of anilines is 1. The Balaban J connectivity index is 1.53. The fourth-order valence-electron chi connectivity index (χ4n) is 4.45. The van der Waals surface area contributed by atoms with Crippen molar-refractivity contribution >= 4 is 34.6 Å². The third-order valence-corrected chi connectivity index (χ3v) is 6.66. The lowest BCUT2D eigenvalue weighted by Gasteiger charge is -2.20. The number of azide groups is 1. The number of benzene rings is 1. The Hall–Kier alpha value is -4.38. The van der Waals surface area contributed by atoms with Gasteiger partial charge in [0.25, 0.3) is 5.69 Å². The number of nitrogens with zero attached hydrogens (tertiary/aromatic N) is 4. The van der Waals surface area contributed by atoms with E-state index >= 15 is 0 Å². The number of hydrogen-bond acceptors (Lipinski definition) is 10. The number of Topliss-reactive ketones (excluding diaryl/α,β-unsaturated/α-hetero) is 2. The Kier molecular flexibility index (Phi) is 13.9. The number of esters is 1. The first-order chi connectivity index (χ1) is 19.7. The van der Waals surface area contributed by atoms with Crippen molar-refractivity contribution in [3.8, 4) is 0 Å². The minimum Gasteiger partial charge on any atom is -0.489 e. The number of nitro benzene ring substituents is 1. The topological polar surface area (TPSA) is 183 Å². The molecule has 0 aliphatic heterocycles. The molecule has 0 atom stereocenters. The molecule has 0 unspecified atom stereocenters. The van der Waals surface area contributed by atoms with Crippen molar-refractivity contribution in [1.29, 1.82) is 0 Å². The zero-order valence-electron chi connectivity index (χ0n) is 23.8. The lowest BCUT2D eigenvalue weighted by atomic mass is 9.89. The summed E-state index contributed by atoms with van der Waals surface area (Å²) in [5.41, 5.74) is 9.50. The lowest BCUT2D eigenvalue weighted by molar-refractivity contribution is -0.383. The number of allylic oxidation sites excluding steroid dienone is 2. The Labute approximate surface area is 238 Å². The number of carbonyl (C=O) groups excluding carboxylic acids is 3. The van der Waals surface area contributed by atoms with Gasteiger partial charge in [-0.05, 0) is 37.8 Å². The SMILES string of the molecule is COC1=C(OC)C(=O)C(CCCCCCCCCCOC(=O)CCNc2ccc(N=[N+]=[N-])cc2[N+](=O)[O-])=C(C)C1=O. The van der Waals surface area contributed by atoms with Gasteiger partial charge in [-0.1, -0.05) is 49.7 Å². The zero-order valence-corrected chi connectivity index (χ0v) is 23.8. The molecule has 1 aliphatic rings. The predicted molar refractivity (Wildman–Crippen MR) is 151 cm³/mol. The van der Waals surface area contributed by atoms with Crippen molar-refractivity contribution in [3.05, 3.63) is 61.4 Å². The van der Waals surface area contributed by atoms with Crippen LogP contribution in [0.2, 0.25) is 0 Å². The highest BCUT2D eigenvalue weighted by Crippen LogP contribution is 2.30. The second kappa shape index (κ2) is 17.3. The maximum atomic E-state index is 12.6. The van der Waals surface area contributed by atoms with Crippen LogP contribution in [0, 0.1) is 10.1 Å². The van der Waals surface area contributed by atoms with Gasteiger partial charge < -0.3 is 19.5 Å². The minimum absolute atomic E-state index is 0.0260. The smallest absolute Gasteiger partial charge is 0.307 e. The molecule has 0 fully saturated rings. The van der Waals surface area contributed by atoms with Gasteiger partial charge in [-0.2, -0.15) is 0 Å². The summed E-state index contributed by atoms with van der Waals surface area (Å²) >= 11 is 0. The number of rotatable bonds is 19. The second-order valence-electron chi connectivity index (χ2n) is 9.45. The van der Waals surface area contributed by atoms with E-state index in [0.717, 1.165) is 57.4 Å². The van der Waals surface area contributed by atoms with Crippen molar-refractivity contribution in [2.24, 2.45) is 5.11 Å². The van der Waals surface area contributed by atoms with Crippen molar-refractivity contribution < 1.29 is 33.5 Å². The number of nitro groups is 1. The summed E-state index contributed by atoms with van der Waals surface area (Å²) in [6, 6.07) is 4.04. The highest BCUT2D eigenvalue weighted by Gasteiger charge is 2.34. The quantitative estimate of drug-likeness (QED) is 0.0288. The number of ether oxygens (including phenoxy) is 3. The standard InChI is InChI=1S/C28H37N5O8/c1-19-21(26(36)28(40-3)27(39-2)25(19)35)12-10-8-6-4-5-7-9-11-17-41-24(34)15-16-30-22-14-13-20(31-32-29)18-23(22)33(37)38/h13-14,18,30H,4-12,15-17H2,1-3H3. The molecule has 0 saturated heterocycles. The molecule has 13 nitrogen and oxygen atoms in total. The first-order valence-electron chi connectivity index (χ1n) is 13.6. The van der Waals surface area contributed by atoms with Crippen LogP contribution < -0.4 is 5.32 Å². The summed E-state index contributed by atoms with van der Waals surface area (Å²) in [6.45, 7) is 2.14. The molecule has 0 bridgehead atoms. The Morgan fingerprint density at radius 3 is 2.22 bits per heavy atom. The number of methoxy groups -OCH3 is 2. The fourth-order valence-corrected chi connectivity index (χ4v) is 4.45. The third kappa shape index (κ3) is 9.95. The summed E-state index contributed by atoms with van der Waals surface area (Å²) in [7, 11) is 2.71. The van der Waals surface area contributed by atoms with Gasteiger partial charge in [0.1, 0.15) is 5.69 Å². The average Bonchev–Trinajstić information content (AvgIpc) is 2.95. The molecule has 2 rings (SSSR count). The maximum absolute atomic E-state index is 12.6. The predicted octanol–water partition coefficient (Wildman–Crippen LogP) is 6.37. The summed E-state index contributed by atoms with van der Waals surface area (Å²) in [5.74, 6) is -1.03. The number of carbonyl (C=O) groups is 3. The average molecular weight is 572 g/mol. The van der Waals surface area contributed by atoms with E-state index in [2.05, 4.69) is 15.3 Å². The molecule has 222 valence electrons. The molecule has 1 aliphatic carbocycles. The number of hydrogen-bond donors (Lipinski definition) is 1. The summed E-state index contributed by atoms with van der Waals surface area (Å²) in [4.78, 5) is 50.3. The molecule has 0 aromatic heterocycles. The molecule has 0 heterocycles. The van der Waals surface area contributed by atoms with Crippen LogP contribution >= 0.6 is 0 Å². The van der Waals surface area contributed by atoms with E-state index in [-0.39, 0.29) is 59.1 Å². The van der Waals surface area contributed by atoms with Crippen LogP contribution in [-0.4, -0.2) is 49.8 Å². The first kappa shape index (κ1) is 32.8. The third-order valence-electron chi connectivity index (χ3n) is 6.66. The van der Waals surface area contributed by atoms with Crippen molar-refractivity contribution in [2.75, 3.05) is 32.7 Å². The van der Waals surface area contributed by atoms with E-state index in [0.29, 0.717) is 24.2 Å². The van der Waals surface area contributed by atoms with Crippen LogP contribution in [-0.2, 0) is 28.6 Å². The van der Waals surface area contributed by atoms with Gasteiger partial charge in [0.05, 0.1) is 32.2 Å². The van der Waals surface area contributed by atoms with Crippen LogP contribution in [0.4, 0.5) is 17.1 Å². The second-order valence-corrected chi connectivity index (χ2v) is 9.45. The Morgan fingerprint density at radius 1 is 1.00 bits per heavy atom. The molecule has 0 radical (unpaired) electrons. The molecule has 0 amide bonds. The van der Waals surface area contributed by atoms with Crippen LogP contribution in [0.1, 0.15) is 71.1 Å². The normalized spacial score (nSPS) is 13.1. The van der Waals surface area contributed by atoms with E-state index in [1.165, 1.54) is 26.4 Å². The summed E-state index contributed by atoms with van der Waals surface area (Å²) in [6.07, 6.45) is 8.21. The van der Waals surface area contributed by atoms with Gasteiger partial charge in [0.15, 0.2) is 0 Å². The van der Waals surface area contributed by atoms with Crippen LogP contribution in [0.15, 0.2) is 46.0 Å². The summed E-state index contributed by atoms with van der Waals surface area (Å²) in [5, 5.41) is 17.4. The van der Waals surface area contributed by atoms with Gasteiger partial charge >= 0.3 is 5.97 Å². The van der Waals surface area contributed by atoms with Crippen LogP contribution in [0.5, 0.6) is 0 Å². The van der Waals surface area contributed by atoms with Gasteiger partial charge in [-0.3, -0.25) is 24.5 Å². The van der Waals surface area contributed by atoms with Crippen molar-refractivity contribution in [1.82, 2.24) is 0 Å². The Bertz CT molecular complexity index is 1230. The molecule has 13 heteroatoms. The fraction of sp³-hybridized carbons (Fsp3) is 0.536. The Morgan fingerprint density at radius 2 is 1.61 bits per heavy atom. The molecule has 1 aromatic rings. The summed E-state index contributed by atoms with van der Waals surface area (Å²) < 4.78 is 15.4. The first-order valence-corrected chi connectivity index (χ1v) is 13.6. The van der Waals surface area contributed by atoms with E-state index in [9.17, 15) is 24.5 Å². The molecular weight excluding hydrogens is 534 g/mol. The van der Waals surface area contributed by atoms with Gasteiger partial charge in [0.2, 0.25) is 23.1 Å². The van der Waals surface area contributed by atoms with E-state index < -0.39 is 4.92 Å². The number of ketones is 2. The van der Waals surface area contributed by atoms with Crippen LogP contribution in [0.25, 0.3) is 10.4 Å². The lowest BCUT2D eigenvalue weighted by Crippen LogP contribution is -2.25. The van der Waals surface area contributed by atoms with Crippen molar-refractivity contribution in [3.63, 3.8) is 0 Å². The van der Waals surface area contributed by atoms with E-state index in [4.69, 9.17) is 19.7 Å². The van der Waals surface area contributed by atoms with E-state index in [1.807, 2.05) is 0 Å². The van der Waals surface area contributed by atoms with Gasteiger partial charge in [-0.25, -0.2) is 0 Å². The highest BCUT2D eigenvalue weighted by molar-refractivity contribution is 6.23. The molecule has 1 N–H and O–H groups in total. The molecular formula is C28H37N5O8. The van der Waals surface area contributed by atoms with Crippen LogP contribution in [0.3, 0.4) is 0 Å². The van der Waals surface area contributed by atoms with Crippen molar-refractivity contribution in [2.45, 2.75) is 71.1 Å². The van der Waals surface area contributed by atoms with E-state index in [1.54, 1.807) is 6.92 Å². The molecule has 1 aromatic carbocycles.